The van der Waals surface area contributed by atoms with Crippen LogP contribution in [0.1, 0.15) is 19.4 Å². The Bertz CT molecular complexity index is 475. The molecular weight excluding hydrogens is 278 g/mol. The van der Waals surface area contributed by atoms with Gasteiger partial charge in [0, 0.05) is 17.3 Å². The molecule has 5 nitrogen and oxygen atoms in total. The summed E-state index contributed by atoms with van der Waals surface area (Å²) >= 11 is 0. The molecule has 0 radical (unpaired) electrons. The fourth-order valence-electron chi connectivity index (χ4n) is 1.48. The second-order valence-corrected chi connectivity index (χ2v) is 4.75. The van der Waals surface area contributed by atoms with E-state index in [0.29, 0.717) is 11.4 Å². The summed E-state index contributed by atoms with van der Waals surface area (Å²) in [5.74, 6) is -0.238. The van der Waals surface area contributed by atoms with Crippen LogP contribution in [0.3, 0.4) is 0 Å². The standard InChI is InChI=1S/C14H21N3O2.ClH/c1-9(2)14(19)16-11-6-5-10(3)12(7-11)17-13(18)8-15-4;/h5-7,9,15H,8H2,1-4H3,(H,16,19)(H,17,18);1H. The topological polar surface area (TPSA) is 70.2 Å². The van der Waals surface area contributed by atoms with Crippen molar-refractivity contribution in [1.82, 2.24) is 5.32 Å². The number of likely N-dealkylation sites (N-methyl/N-ethyl adjacent to an activating group) is 1. The van der Waals surface area contributed by atoms with Gasteiger partial charge in [-0.3, -0.25) is 9.59 Å². The molecule has 112 valence electrons. The van der Waals surface area contributed by atoms with Gasteiger partial charge >= 0.3 is 0 Å². The second kappa shape index (κ2) is 8.55. The first-order valence-corrected chi connectivity index (χ1v) is 6.30. The number of hydrogen-bond acceptors (Lipinski definition) is 3. The quantitative estimate of drug-likeness (QED) is 0.780. The van der Waals surface area contributed by atoms with E-state index in [9.17, 15) is 9.59 Å². The summed E-state index contributed by atoms with van der Waals surface area (Å²) in [7, 11) is 1.71. The number of carbonyl (C=O) groups excluding carboxylic acids is 2. The molecule has 0 aromatic heterocycles. The largest absolute Gasteiger partial charge is 0.326 e. The van der Waals surface area contributed by atoms with Gasteiger partial charge in [-0.05, 0) is 31.7 Å². The Hall–Kier alpha value is -1.59. The maximum atomic E-state index is 11.6. The number of amides is 2. The summed E-state index contributed by atoms with van der Waals surface area (Å²) in [6.07, 6.45) is 0. The van der Waals surface area contributed by atoms with Gasteiger partial charge in [0.25, 0.3) is 0 Å². The zero-order chi connectivity index (χ0) is 14.4. The van der Waals surface area contributed by atoms with E-state index in [4.69, 9.17) is 0 Å². The highest BCUT2D eigenvalue weighted by Gasteiger charge is 2.09. The van der Waals surface area contributed by atoms with Crippen molar-refractivity contribution < 1.29 is 9.59 Å². The number of anilines is 2. The average molecular weight is 300 g/mol. The summed E-state index contributed by atoms with van der Waals surface area (Å²) in [5, 5.41) is 8.40. The van der Waals surface area contributed by atoms with Crippen LogP contribution in [0.15, 0.2) is 18.2 Å². The number of rotatable bonds is 5. The van der Waals surface area contributed by atoms with E-state index in [1.165, 1.54) is 0 Å². The predicted octanol–water partition coefficient (Wildman–Crippen LogP) is 2.17. The lowest BCUT2D eigenvalue weighted by molar-refractivity contribution is -0.119. The fraction of sp³-hybridized carbons (Fsp3) is 0.429. The third-order valence-electron chi connectivity index (χ3n) is 2.64. The molecule has 0 spiro atoms. The SMILES string of the molecule is CNCC(=O)Nc1cc(NC(=O)C(C)C)ccc1C.Cl. The van der Waals surface area contributed by atoms with Gasteiger partial charge in [0.05, 0.1) is 6.54 Å². The number of hydrogen-bond donors (Lipinski definition) is 3. The molecule has 0 aliphatic rings. The van der Waals surface area contributed by atoms with Gasteiger partial charge in [0.2, 0.25) is 11.8 Å². The molecular formula is C14H22ClN3O2. The molecule has 0 atom stereocenters. The Morgan fingerprint density at radius 1 is 1.20 bits per heavy atom. The second-order valence-electron chi connectivity index (χ2n) is 4.75. The Kier molecular flexibility index (Phi) is 7.87. The normalized spacial score (nSPS) is 9.85. The van der Waals surface area contributed by atoms with Crippen LogP contribution in [0.2, 0.25) is 0 Å². The van der Waals surface area contributed by atoms with Crippen LogP contribution in [0.25, 0.3) is 0 Å². The lowest BCUT2D eigenvalue weighted by Crippen LogP contribution is -2.25. The van der Waals surface area contributed by atoms with Crippen LogP contribution >= 0.6 is 12.4 Å². The number of benzene rings is 1. The van der Waals surface area contributed by atoms with E-state index >= 15 is 0 Å². The number of carbonyl (C=O) groups is 2. The van der Waals surface area contributed by atoms with Gasteiger partial charge in [0.15, 0.2) is 0 Å². The lowest BCUT2D eigenvalue weighted by Gasteiger charge is -2.12. The van der Waals surface area contributed by atoms with Crippen molar-refractivity contribution in [2.24, 2.45) is 5.92 Å². The third kappa shape index (κ3) is 5.59. The van der Waals surface area contributed by atoms with Crippen LogP contribution in [0, 0.1) is 12.8 Å². The van der Waals surface area contributed by atoms with Crippen molar-refractivity contribution in [3.05, 3.63) is 23.8 Å². The number of halogens is 1. The van der Waals surface area contributed by atoms with E-state index in [1.54, 1.807) is 13.1 Å². The molecule has 1 aromatic rings. The monoisotopic (exact) mass is 299 g/mol. The molecule has 6 heteroatoms. The highest BCUT2D eigenvalue weighted by molar-refractivity contribution is 5.96. The number of nitrogens with one attached hydrogen (secondary N) is 3. The maximum Gasteiger partial charge on any atom is 0.238 e. The van der Waals surface area contributed by atoms with Crippen LogP contribution in [0.4, 0.5) is 11.4 Å². The molecule has 2 amide bonds. The van der Waals surface area contributed by atoms with Gasteiger partial charge < -0.3 is 16.0 Å². The molecule has 3 N–H and O–H groups in total. The highest BCUT2D eigenvalue weighted by atomic mass is 35.5. The Morgan fingerprint density at radius 2 is 1.85 bits per heavy atom. The molecule has 0 heterocycles. The van der Waals surface area contributed by atoms with Crippen LogP contribution in [-0.4, -0.2) is 25.4 Å². The van der Waals surface area contributed by atoms with Crippen LogP contribution in [-0.2, 0) is 9.59 Å². The molecule has 0 saturated heterocycles. The van der Waals surface area contributed by atoms with Gasteiger partial charge in [-0.2, -0.15) is 0 Å². The summed E-state index contributed by atoms with van der Waals surface area (Å²) in [6.45, 7) is 5.82. The van der Waals surface area contributed by atoms with Crippen LogP contribution in [0.5, 0.6) is 0 Å². The Balaban J connectivity index is 0.00000361. The van der Waals surface area contributed by atoms with Crippen molar-refractivity contribution >= 4 is 35.6 Å². The third-order valence-corrected chi connectivity index (χ3v) is 2.64. The van der Waals surface area contributed by atoms with E-state index in [2.05, 4.69) is 16.0 Å². The van der Waals surface area contributed by atoms with E-state index in [1.807, 2.05) is 32.9 Å². The predicted molar refractivity (Wildman–Crippen MR) is 84.5 cm³/mol. The molecule has 0 unspecified atom stereocenters. The molecule has 0 saturated carbocycles. The van der Waals surface area contributed by atoms with E-state index in [-0.39, 0.29) is 36.7 Å². The maximum absolute atomic E-state index is 11.6. The molecule has 0 bridgehead atoms. The first-order chi connectivity index (χ1) is 8.93. The summed E-state index contributed by atoms with van der Waals surface area (Å²) < 4.78 is 0. The zero-order valence-corrected chi connectivity index (χ0v) is 13.1. The minimum absolute atomic E-state index is 0. The highest BCUT2D eigenvalue weighted by Crippen LogP contribution is 2.20. The summed E-state index contributed by atoms with van der Waals surface area (Å²) in [6, 6.07) is 5.46. The Labute approximate surface area is 125 Å². The smallest absolute Gasteiger partial charge is 0.238 e. The summed E-state index contributed by atoms with van der Waals surface area (Å²) in [5.41, 5.74) is 2.35. The first kappa shape index (κ1) is 18.4. The van der Waals surface area contributed by atoms with Crippen molar-refractivity contribution in [1.29, 1.82) is 0 Å². The van der Waals surface area contributed by atoms with Gasteiger partial charge in [-0.25, -0.2) is 0 Å². The fourth-order valence-corrected chi connectivity index (χ4v) is 1.48. The van der Waals surface area contributed by atoms with E-state index in [0.717, 1.165) is 5.56 Å². The first-order valence-electron chi connectivity index (χ1n) is 6.30. The van der Waals surface area contributed by atoms with Crippen molar-refractivity contribution in [2.45, 2.75) is 20.8 Å². The van der Waals surface area contributed by atoms with Crippen molar-refractivity contribution in [3.8, 4) is 0 Å². The van der Waals surface area contributed by atoms with Gasteiger partial charge in [-0.1, -0.05) is 19.9 Å². The molecule has 1 rings (SSSR count). The molecule has 0 fully saturated rings. The zero-order valence-electron chi connectivity index (χ0n) is 12.2. The minimum atomic E-state index is -0.113. The van der Waals surface area contributed by atoms with E-state index < -0.39 is 0 Å². The molecule has 20 heavy (non-hydrogen) atoms. The van der Waals surface area contributed by atoms with Gasteiger partial charge in [-0.15, -0.1) is 12.4 Å². The van der Waals surface area contributed by atoms with Crippen molar-refractivity contribution in [3.63, 3.8) is 0 Å². The van der Waals surface area contributed by atoms with Crippen molar-refractivity contribution in [2.75, 3.05) is 24.2 Å². The number of aryl methyl sites for hydroxylation is 1. The molecule has 1 aromatic carbocycles. The van der Waals surface area contributed by atoms with Gasteiger partial charge in [0.1, 0.15) is 0 Å². The minimum Gasteiger partial charge on any atom is -0.326 e. The lowest BCUT2D eigenvalue weighted by atomic mass is 10.1. The van der Waals surface area contributed by atoms with Crippen LogP contribution < -0.4 is 16.0 Å². The molecule has 0 aliphatic carbocycles. The average Bonchev–Trinajstić information content (AvgIpc) is 2.33. The Morgan fingerprint density at radius 3 is 2.40 bits per heavy atom. The summed E-state index contributed by atoms with van der Waals surface area (Å²) in [4.78, 5) is 23.2. The molecule has 0 aliphatic heterocycles.